The van der Waals surface area contributed by atoms with Crippen LogP contribution in [0.5, 0.6) is 0 Å². The molecule has 2 fully saturated rings. The summed E-state index contributed by atoms with van der Waals surface area (Å²) in [6.45, 7) is 2.59. The fourth-order valence-corrected chi connectivity index (χ4v) is 3.96. The van der Waals surface area contributed by atoms with Gasteiger partial charge >= 0.3 is 12.2 Å². The van der Waals surface area contributed by atoms with Crippen LogP contribution in [0.25, 0.3) is 0 Å². The topological polar surface area (TPSA) is 35.6 Å². The first kappa shape index (κ1) is 19.3. The molecule has 0 atom stereocenters. The van der Waals surface area contributed by atoms with Crippen molar-refractivity contribution < 1.29 is 18.0 Å². The quantitative estimate of drug-likeness (QED) is 0.785. The third kappa shape index (κ3) is 4.62. The molecule has 144 valence electrons. The van der Waals surface area contributed by atoms with E-state index in [2.05, 4.69) is 10.2 Å². The number of anilines is 1. The number of carbonyl (C=O) groups is 1. The van der Waals surface area contributed by atoms with Crippen LogP contribution in [-0.4, -0.2) is 48.1 Å². The summed E-state index contributed by atoms with van der Waals surface area (Å²) < 4.78 is 39.4. The number of halogens is 4. The third-order valence-electron chi connectivity index (χ3n) is 5.22. The summed E-state index contributed by atoms with van der Waals surface area (Å²) in [6.07, 6.45) is 1.62. The van der Waals surface area contributed by atoms with E-state index < -0.39 is 17.8 Å². The number of benzene rings is 1. The van der Waals surface area contributed by atoms with Gasteiger partial charge in [-0.15, -0.1) is 0 Å². The van der Waals surface area contributed by atoms with Crippen molar-refractivity contribution >= 4 is 23.3 Å². The van der Waals surface area contributed by atoms with Crippen molar-refractivity contribution in [2.24, 2.45) is 0 Å². The number of piperazine rings is 1. The molecule has 8 heteroatoms. The number of amides is 2. The van der Waals surface area contributed by atoms with Crippen LogP contribution in [0.3, 0.4) is 0 Å². The van der Waals surface area contributed by atoms with Crippen molar-refractivity contribution in [3.8, 4) is 0 Å². The molecule has 2 aliphatic rings. The maximum absolute atomic E-state index is 13.1. The van der Waals surface area contributed by atoms with Crippen LogP contribution in [0.15, 0.2) is 18.2 Å². The second-order valence-electron chi connectivity index (χ2n) is 6.93. The first-order chi connectivity index (χ1) is 12.3. The van der Waals surface area contributed by atoms with Gasteiger partial charge in [0.05, 0.1) is 11.3 Å². The van der Waals surface area contributed by atoms with Crippen LogP contribution in [0.4, 0.5) is 23.7 Å². The van der Waals surface area contributed by atoms with Gasteiger partial charge in [-0.3, -0.25) is 4.90 Å². The molecule has 1 saturated heterocycles. The Morgan fingerprint density at radius 3 is 2.35 bits per heavy atom. The van der Waals surface area contributed by atoms with Crippen LogP contribution in [0.1, 0.15) is 37.7 Å². The summed E-state index contributed by atoms with van der Waals surface area (Å²) in [6, 6.07) is 3.45. The number of nitrogens with one attached hydrogen (secondary N) is 1. The summed E-state index contributed by atoms with van der Waals surface area (Å²) in [5, 5.41) is 2.38. The maximum Gasteiger partial charge on any atom is 0.418 e. The summed E-state index contributed by atoms with van der Waals surface area (Å²) in [4.78, 5) is 16.4. The van der Waals surface area contributed by atoms with Crippen LogP contribution in [-0.2, 0) is 6.18 Å². The largest absolute Gasteiger partial charge is 0.418 e. The molecule has 0 unspecified atom stereocenters. The van der Waals surface area contributed by atoms with Gasteiger partial charge in [-0.05, 0) is 31.0 Å². The monoisotopic (exact) mass is 389 g/mol. The molecular formula is C18H23ClF3N3O. The lowest BCUT2D eigenvalue weighted by Crippen LogP contribution is -2.53. The minimum Gasteiger partial charge on any atom is -0.322 e. The van der Waals surface area contributed by atoms with E-state index >= 15 is 0 Å². The third-order valence-corrected chi connectivity index (χ3v) is 5.46. The lowest BCUT2D eigenvalue weighted by atomic mass is 9.94. The van der Waals surface area contributed by atoms with Crippen molar-refractivity contribution in [1.29, 1.82) is 0 Å². The van der Waals surface area contributed by atoms with Crippen LogP contribution >= 0.6 is 11.6 Å². The molecule has 3 rings (SSSR count). The zero-order valence-electron chi connectivity index (χ0n) is 14.5. The highest BCUT2D eigenvalue weighted by atomic mass is 35.5. The molecular weight excluding hydrogens is 367 g/mol. The fraction of sp³-hybridized carbons (Fsp3) is 0.611. The highest BCUT2D eigenvalue weighted by molar-refractivity contribution is 6.30. The van der Waals surface area contributed by atoms with E-state index in [0.29, 0.717) is 19.1 Å². The molecule has 2 amide bonds. The first-order valence-corrected chi connectivity index (χ1v) is 9.39. The number of hydrogen-bond donors (Lipinski definition) is 1. The normalized spacial score (nSPS) is 20.2. The number of carbonyl (C=O) groups excluding carboxylic acids is 1. The van der Waals surface area contributed by atoms with Crippen LogP contribution in [0.2, 0.25) is 5.02 Å². The van der Waals surface area contributed by atoms with Gasteiger partial charge in [-0.1, -0.05) is 30.9 Å². The van der Waals surface area contributed by atoms with Gasteiger partial charge in [0.25, 0.3) is 0 Å². The molecule has 0 bridgehead atoms. The maximum atomic E-state index is 13.1. The highest BCUT2D eigenvalue weighted by Gasteiger charge is 2.35. The molecule has 4 nitrogen and oxygen atoms in total. The summed E-state index contributed by atoms with van der Waals surface area (Å²) in [7, 11) is 0. The predicted octanol–water partition coefficient (Wildman–Crippen LogP) is 4.84. The summed E-state index contributed by atoms with van der Waals surface area (Å²) >= 11 is 5.67. The van der Waals surface area contributed by atoms with Crippen LogP contribution < -0.4 is 5.32 Å². The van der Waals surface area contributed by atoms with E-state index in [-0.39, 0.29) is 10.7 Å². The lowest BCUT2D eigenvalue weighted by Gasteiger charge is -2.40. The van der Waals surface area contributed by atoms with E-state index in [4.69, 9.17) is 11.6 Å². The van der Waals surface area contributed by atoms with Crippen molar-refractivity contribution in [2.45, 2.75) is 44.3 Å². The van der Waals surface area contributed by atoms with Crippen molar-refractivity contribution in [3.63, 3.8) is 0 Å². The second-order valence-corrected chi connectivity index (χ2v) is 7.37. The summed E-state index contributed by atoms with van der Waals surface area (Å²) in [5.41, 5.74) is -1.19. The summed E-state index contributed by atoms with van der Waals surface area (Å²) in [5.74, 6) is 0. The standard InChI is InChI=1S/C18H23ClF3N3O/c19-13-6-7-16(15(12-13)18(20,21)22)23-17(26)25-10-8-24(9-11-25)14-4-2-1-3-5-14/h6-7,12,14H,1-5,8-11H2,(H,23,26). The van der Waals surface area contributed by atoms with Crippen molar-refractivity contribution in [1.82, 2.24) is 9.80 Å². The highest BCUT2D eigenvalue weighted by Crippen LogP contribution is 2.36. The Kier molecular flexibility index (Phi) is 5.97. The van der Waals surface area contributed by atoms with Crippen LogP contribution in [0, 0.1) is 0 Å². The molecule has 1 saturated carbocycles. The zero-order valence-corrected chi connectivity index (χ0v) is 15.2. The van der Waals surface area contributed by atoms with Gasteiger partial charge in [0, 0.05) is 37.2 Å². The van der Waals surface area contributed by atoms with Gasteiger partial charge in [0.2, 0.25) is 0 Å². The van der Waals surface area contributed by atoms with Gasteiger partial charge in [0.1, 0.15) is 0 Å². The average Bonchev–Trinajstić information content (AvgIpc) is 2.63. The van der Waals surface area contributed by atoms with E-state index in [1.54, 1.807) is 4.90 Å². The van der Waals surface area contributed by atoms with E-state index in [9.17, 15) is 18.0 Å². The fourth-order valence-electron chi connectivity index (χ4n) is 3.79. The molecule has 0 radical (unpaired) electrons. The van der Waals surface area contributed by atoms with E-state index in [1.165, 1.54) is 44.2 Å². The van der Waals surface area contributed by atoms with Crippen molar-refractivity contribution in [3.05, 3.63) is 28.8 Å². The Morgan fingerprint density at radius 2 is 1.73 bits per heavy atom. The Labute approximate surface area is 156 Å². The Bertz CT molecular complexity index is 639. The number of alkyl halides is 3. The van der Waals surface area contributed by atoms with E-state index in [1.807, 2.05) is 0 Å². The second kappa shape index (κ2) is 8.05. The minimum absolute atomic E-state index is 0.0172. The molecule has 1 aromatic carbocycles. The minimum atomic E-state index is -4.58. The van der Waals surface area contributed by atoms with Gasteiger partial charge in [-0.25, -0.2) is 4.79 Å². The number of urea groups is 1. The molecule has 26 heavy (non-hydrogen) atoms. The molecule has 1 aromatic rings. The molecule has 1 aliphatic heterocycles. The van der Waals surface area contributed by atoms with Gasteiger partial charge < -0.3 is 10.2 Å². The predicted molar refractivity (Wildman–Crippen MR) is 95.5 cm³/mol. The van der Waals surface area contributed by atoms with Crippen molar-refractivity contribution in [2.75, 3.05) is 31.5 Å². The molecule has 1 aliphatic carbocycles. The number of hydrogen-bond acceptors (Lipinski definition) is 2. The Balaban J connectivity index is 1.60. The smallest absolute Gasteiger partial charge is 0.322 e. The van der Waals surface area contributed by atoms with Gasteiger partial charge in [0.15, 0.2) is 0 Å². The van der Waals surface area contributed by atoms with Gasteiger partial charge in [-0.2, -0.15) is 13.2 Å². The Hall–Kier alpha value is -1.47. The first-order valence-electron chi connectivity index (χ1n) is 9.01. The average molecular weight is 390 g/mol. The number of rotatable bonds is 2. The molecule has 0 spiro atoms. The SMILES string of the molecule is O=C(Nc1ccc(Cl)cc1C(F)(F)F)N1CCN(C2CCCCC2)CC1. The molecule has 0 aromatic heterocycles. The zero-order chi connectivity index (χ0) is 18.7. The molecule has 1 heterocycles. The molecule has 1 N–H and O–H groups in total. The number of nitrogens with zero attached hydrogens (tertiary/aromatic N) is 2. The lowest BCUT2D eigenvalue weighted by molar-refractivity contribution is -0.136. The van der Waals surface area contributed by atoms with E-state index in [0.717, 1.165) is 19.2 Å². The Morgan fingerprint density at radius 1 is 1.08 bits per heavy atom.